The second-order valence-electron chi connectivity index (χ2n) is 6.38. The van der Waals surface area contributed by atoms with E-state index in [1.165, 1.54) is 6.07 Å². The van der Waals surface area contributed by atoms with Gasteiger partial charge < -0.3 is 9.84 Å². The van der Waals surface area contributed by atoms with Crippen molar-refractivity contribution in [1.82, 2.24) is 0 Å². The van der Waals surface area contributed by atoms with Gasteiger partial charge in [-0.1, -0.05) is 48.4 Å². The minimum Gasteiger partial charge on any atom is -0.487 e. The topological polar surface area (TPSA) is 63.6 Å². The van der Waals surface area contributed by atoms with Crippen LogP contribution in [0.25, 0.3) is 0 Å². The lowest BCUT2D eigenvalue weighted by Crippen LogP contribution is -2.26. The fourth-order valence-electron chi connectivity index (χ4n) is 3.33. The third-order valence-electron chi connectivity index (χ3n) is 4.69. The van der Waals surface area contributed by atoms with Gasteiger partial charge in [0.2, 0.25) is 0 Å². The standard InChI is InChI=1S/C20H18ClFO4/c21-16-9-15(19(23)13-7-4-8-14(13)20(24)25)17(22)10-18(16)26-11-12-5-2-1-3-6-12/h1-3,5-6,9-10,13-14H,4,7-8,11H2,(H,24,25). The Morgan fingerprint density at radius 2 is 1.85 bits per heavy atom. The van der Waals surface area contributed by atoms with E-state index < -0.39 is 29.4 Å². The van der Waals surface area contributed by atoms with Crippen LogP contribution in [-0.4, -0.2) is 16.9 Å². The van der Waals surface area contributed by atoms with Gasteiger partial charge in [0.25, 0.3) is 0 Å². The Labute approximate surface area is 155 Å². The second kappa shape index (κ2) is 7.87. The quantitative estimate of drug-likeness (QED) is 0.739. The highest BCUT2D eigenvalue weighted by atomic mass is 35.5. The summed E-state index contributed by atoms with van der Waals surface area (Å²) in [5, 5.41) is 9.35. The number of carbonyl (C=O) groups excluding carboxylic acids is 1. The highest BCUT2D eigenvalue weighted by Gasteiger charge is 2.39. The van der Waals surface area contributed by atoms with Gasteiger partial charge in [0.05, 0.1) is 16.5 Å². The molecule has 2 unspecified atom stereocenters. The monoisotopic (exact) mass is 376 g/mol. The van der Waals surface area contributed by atoms with Gasteiger partial charge in [-0.05, 0) is 24.5 Å². The van der Waals surface area contributed by atoms with Crippen molar-refractivity contribution < 1.29 is 23.8 Å². The zero-order valence-electron chi connectivity index (χ0n) is 14.0. The lowest BCUT2D eigenvalue weighted by Gasteiger charge is -2.16. The largest absolute Gasteiger partial charge is 0.487 e. The van der Waals surface area contributed by atoms with Crippen LogP contribution in [0.5, 0.6) is 5.75 Å². The lowest BCUT2D eigenvalue weighted by molar-refractivity contribution is -0.142. The van der Waals surface area contributed by atoms with Crippen molar-refractivity contribution in [3.05, 3.63) is 64.4 Å². The van der Waals surface area contributed by atoms with Crippen LogP contribution in [0.2, 0.25) is 5.02 Å². The summed E-state index contributed by atoms with van der Waals surface area (Å²) in [7, 11) is 0. The molecule has 4 nitrogen and oxygen atoms in total. The molecular weight excluding hydrogens is 359 g/mol. The van der Waals surface area contributed by atoms with E-state index >= 15 is 0 Å². The highest BCUT2D eigenvalue weighted by Crippen LogP contribution is 2.37. The second-order valence-corrected chi connectivity index (χ2v) is 6.79. The van der Waals surface area contributed by atoms with Crippen molar-refractivity contribution >= 4 is 23.4 Å². The molecule has 0 radical (unpaired) electrons. The first kappa shape index (κ1) is 18.4. The Hall–Kier alpha value is -2.40. The average Bonchev–Trinajstić information content (AvgIpc) is 3.12. The summed E-state index contributed by atoms with van der Waals surface area (Å²) < 4.78 is 20.0. The zero-order chi connectivity index (χ0) is 18.7. The molecule has 2 aromatic carbocycles. The predicted octanol–water partition coefficient (Wildman–Crippen LogP) is 4.74. The third-order valence-corrected chi connectivity index (χ3v) is 4.99. The summed E-state index contributed by atoms with van der Waals surface area (Å²) in [4.78, 5) is 23.9. The van der Waals surface area contributed by atoms with Crippen molar-refractivity contribution in [2.24, 2.45) is 11.8 Å². The molecule has 0 aromatic heterocycles. The first-order chi connectivity index (χ1) is 12.5. The van der Waals surface area contributed by atoms with Crippen LogP contribution < -0.4 is 4.74 Å². The number of halogens is 2. The molecule has 6 heteroatoms. The minimum absolute atomic E-state index is 0.121. The van der Waals surface area contributed by atoms with Crippen molar-refractivity contribution in [2.45, 2.75) is 25.9 Å². The third kappa shape index (κ3) is 3.88. The predicted molar refractivity (Wildman–Crippen MR) is 95.0 cm³/mol. The molecule has 0 saturated heterocycles. The van der Waals surface area contributed by atoms with Crippen molar-refractivity contribution in [3.63, 3.8) is 0 Å². The first-order valence-corrected chi connectivity index (χ1v) is 8.78. The number of hydrogen-bond donors (Lipinski definition) is 1. The Morgan fingerprint density at radius 3 is 2.54 bits per heavy atom. The van der Waals surface area contributed by atoms with Crippen molar-refractivity contribution in [2.75, 3.05) is 0 Å². The Balaban J connectivity index is 1.78. The van der Waals surface area contributed by atoms with E-state index in [9.17, 15) is 19.1 Å². The number of Topliss-reactive ketones (excluding diaryl/α,β-unsaturated/α-hetero) is 1. The lowest BCUT2D eigenvalue weighted by atomic mass is 9.88. The molecule has 0 spiro atoms. The molecule has 1 aliphatic carbocycles. The van der Waals surface area contributed by atoms with E-state index in [1.807, 2.05) is 30.3 Å². The highest BCUT2D eigenvalue weighted by molar-refractivity contribution is 6.32. The van der Waals surface area contributed by atoms with Gasteiger partial charge in [0.1, 0.15) is 18.2 Å². The normalized spacial score (nSPS) is 19.3. The van der Waals surface area contributed by atoms with Gasteiger partial charge in [-0.25, -0.2) is 4.39 Å². The van der Waals surface area contributed by atoms with Crippen LogP contribution in [0.1, 0.15) is 35.2 Å². The maximum absolute atomic E-state index is 14.5. The molecule has 1 N–H and O–H groups in total. The van der Waals surface area contributed by atoms with Gasteiger partial charge in [0, 0.05) is 12.0 Å². The van der Waals surface area contributed by atoms with E-state index in [2.05, 4.69) is 0 Å². The summed E-state index contributed by atoms with van der Waals surface area (Å²) in [6.45, 7) is 0.219. The van der Waals surface area contributed by atoms with Gasteiger partial charge >= 0.3 is 5.97 Å². The smallest absolute Gasteiger partial charge is 0.307 e. The van der Waals surface area contributed by atoms with Gasteiger partial charge in [-0.3, -0.25) is 9.59 Å². The molecule has 136 valence electrons. The van der Waals surface area contributed by atoms with Gasteiger partial charge in [-0.15, -0.1) is 0 Å². The molecule has 1 saturated carbocycles. The Kier molecular flexibility index (Phi) is 5.57. The van der Waals surface area contributed by atoms with Crippen molar-refractivity contribution in [1.29, 1.82) is 0 Å². The number of benzene rings is 2. The fourth-order valence-corrected chi connectivity index (χ4v) is 3.55. The number of carbonyl (C=O) groups is 2. The van der Waals surface area contributed by atoms with E-state index in [4.69, 9.17) is 16.3 Å². The number of carboxylic acids is 1. The molecule has 0 amide bonds. The van der Waals surface area contributed by atoms with Crippen LogP contribution in [0.4, 0.5) is 4.39 Å². The summed E-state index contributed by atoms with van der Waals surface area (Å²) >= 11 is 6.16. The molecule has 1 fully saturated rings. The zero-order valence-corrected chi connectivity index (χ0v) is 14.7. The van der Waals surface area contributed by atoms with Crippen LogP contribution in [-0.2, 0) is 11.4 Å². The van der Waals surface area contributed by atoms with Crippen LogP contribution in [0, 0.1) is 17.7 Å². The summed E-state index contributed by atoms with van der Waals surface area (Å²) in [5.41, 5.74) is 0.722. The van der Waals surface area contributed by atoms with E-state index in [0.717, 1.165) is 11.6 Å². The number of ketones is 1. The Morgan fingerprint density at radius 1 is 1.15 bits per heavy atom. The molecule has 1 aliphatic rings. The fraction of sp³-hybridized carbons (Fsp3) is 0.300. The Bertz CT molecular complexity index is 822. The van der Waals surface area contributed by atoms with Crippen LogP contribution in [0.3, 0.4) is 0 Å². The number of hydrogen-bond acceptors (Lipinski definition) is 3. The van der Waals surface area contributed by atoms with Gasteiger partial charge in [0.15, 0.2) is 5.78 Å². The van der Waals surface area contributed by atoms with E-state index in [0.29, 0.717) is 19.3 Å². The summed E-state index contributed by atoms with van der Waals surface area (Å²) in [5.74, 6) is -3.62. The molecule has 2 atom stereocenters. The molecule has 0 aliphatic heterocycles. The van der Waals surface area contributed by atoms with Crippen molar-refractivity contribution in [3.8, 4) is 5.75 Å². The van der Waals surface area contributed by atoms with Gasteiger partial charge in [-0.2, -0.15) is 0 Å². The van der Waals surface area contributed by atoms with E-state index in [1.54, 1.807) is 0 Å². The number of rotatable bonds is 6. The average molecular weight is 377 g/mol. The molecule has 2 aromatic rings. The minimum atomic E-state index is -1.02. The molecule has 0 heterocycles. The molecular formula is C20H18ClFO4. The maximum atomic E-state index is 14.5. The number of ether oxygens (including phenoxy) is 1. The van der Waals surface area contributed by atoms with Crippen LogP contribution in [0.15, 0.2) is 42.5 Å². The van der Waals surface area contributed by atoms with Crippen LogP contribution >= 0.6 is 11.6 Å². The summed E-state index contributed by atoms with van der Waals surface area (Å²) in [6.07, 6.45) is 1.51. The first-order valence-electron chi connectivity index (χ1n) is 8.40. The maximum Gasteiger partial charge on any atom is 0.307 e. The SMILES string of the molecule is O=C(O)C1CCCC1C(=O)c1cc(Cl)c(OCc2ccccc2)cc1F. The molecule has 26 heavy (non-hydrogen) atoms. The molecule has 3 rings (SSSR count). The number of carboxylic acid groups (broad SMARTS) is 1. The molecule has 0 bridgehead atoms. The summed E-state index contributed by atoms with van der Waals surface area (Å²) in [6, 6.07) is 11.7. The number of aliphatic carboxylic acids is 1. The van der Waals surface area contributed by atoms with E-state index in [-0.39, 0.29) is 22.9 Å².